The molecule has 0 bridgehead atoms. The Hall–Kier alpha value is -1.16. The molecule has 1 fully saturated rings. The van der Waals surface area contributed by atoms with Gasteiger partial charge in [0.15, 0.2) is 15.8 Å². The van der Waals surface area contributed by atoms with Crippen molar-refractivity contribution in [1.29, 1.82) is 0 Å². The molecular formula is C12H19N5O2S2. The Bertz CT molecular complexity index is 751. The van der Waals surface area contributed by atoms with Gasteiger partial charge in [0.2, 0.25) is 0 Å². The highest BCUT2D eigenvalue weighted by atomic mass is 32.2. The van der Waals surface area contributed by atoms with Gasteiger partial charge in [-0.15, -0.1) is 11.3 Å². The van der Waals surface area contributed by atoms with Gasteiger partial charge in [-0.05, 0) is 25.9 Å². The van der Waals surface area contributed by atoms with Crippen LogP contribution in [0.25, 0.3) is 4.96 Å². The van der Waals surface area contributed by atoms with Crippen molar-refractivity contribution in [2.45, 2.75) is 24.4 Å². The lowest BCUT2D eigenvalue weighted by atomic mass is 9.95. The number of fused-ring (bicyclic) bond motifs is 1. The summed E-state index contributed by atoms with van der Waals surface area (Å²) in [6.07, 6.45) is 2.47. The van der Waals surface area contributed by atoms with Crippen molar-refractivity contribution in [1.82, 2.24) is 19.0 Å². The Balaban J connectivity index is 1.90. The van der Waals surface area contributed by atoms with Crippen LogP contribution in [0.2, 0.25) is 0 Å². The number of hydrogen-bond acceptors (Lipinski definition) is 6. The van der Waals surface area contributed by atoms with E-state index in [4.69, 9.17) is 5.73 Å². The molecular weight excluding hydrogens is 310 g/mol. The number of thiazole rings is 1. The standard InChI is InChI=1S/C12H19N5O2S2/c1-8-7-16(2)4-3-9(8)15-21(18,19)11-10(13)14-12-17(11)5-6-20-12/h5-6,8-9,15H,3-4,7,13H2,1-2H3. The third-order valence-electron chi connectivity index (χ3n) is 3.91. The van der Waals surface area contributed by atoms with Gasteiger partial charge >= 0.3 is 0 Å². The second kappa shape index (κ2) is 5.24. The first-order valence-corrected chi connectivity index (χ1v) is 9.16. The Labute approximate surface area is 127 Å². The maximum absolute atomic E-state index is 12.7. The highest BCUT2D eigenvalue weighted by molar-refractivity contribution is 7.89. The number of nitrogens with zero attached hydrogens (tertiary/aromatic N) is 3. The predicted molar refractivity (Wildman–Crippen MR) is 82.9 cm³/mol. The maximum Gasteiger partial charge on any atom is 0.260 e. The van der Waals surface area contributed by atoms with Crippen LogP contribution >= 0.6 is 11.3 Å². The van der Waals surface area contributed by atoms with E-state index in [1.807, 2.05) is 7.05 Å². The fourth-order valence-corrected chi connectivity index (χ4v) is 5.20. The van der Waals surface area contributed by atoms with Gasteiger partial charge in [-0.3, -0.25) is 4.40 Å². The summed E-state index contributed by atoms with van der Waals surface area (Å²) >= 11 is 1.36. The Kier molecular flexibility index (Phi) is 3.68. The van der Waals surface area contributed by atoms with Gasteiger partial charge < -0.3 is 10.6 Å². The molecule has 1 saturated heterocycles. The number of nitrogens with one attached hydrogen (secondary N) is 1. The van der Waals surface area contributed by atoms with Crippen molar-refractivity contribution in [3.8, 4) is 0 Å². The van der Waals surface area contributed by atoms with Crippen LogP contribution < -0.4 is 10.5 Å². The number of hydrogen-bond donors (Lipinski definition) is 2. The van der Waals surface area contributed by atoms with Crippen molar-refractivity contribution < 1.29 is 8.42 Å². The zero-order chi connectivity index (χ0) is 15.2. The summed E-state index contributed by atoms with van der Waals surface area (Å²) in [5.41, 5.74) is 5.79. The predicted octanol–water partition coefficient (Wildman–Crippen LogP) is 0.596. The van der Waals surface area contributed by atoms with E-state index in [0.717, 1.165) is 19.5 Å². The molecule has 3 heterocycles. The third-order valence-corrected chi connectivity index (χ3v) is 6.20. The fourth-order valence-electron chi connectivity index (χ4n) is 2.83. The number of nitrogen functional groups attached to an aromatic ring is 1. The smallest absolute Gasteiger partial charge is 0.260 e. The minimum absolute atomic E-state index is 0.0462. The van der Waals surface area contributed by atoms with Gasteiger partial charge in [0.25, 0.3) is 10.0 Å². The van der Waals surface area contributed by atoms with Crippen molar-refractivity contribution in [3.05, 3.63) is 11.6 Å². The maximum atomic E-state index is 12.7. The average molecular weight is 329 g/mol. The van der Waals surface area contributed by atoms with Gasteiger partial charge in [0.1, 0.15) is 0 Å². The lowest BCUT2D eigenvalue weighted by Gasteiger charge is -2.34. The van der Waals surface area contributed by atoms with Crippen molar-refractivity contribution in [2.24, 2.45) is 5.92 Å². The first-order chi connectivity index (χ1) is 9.88. The zero-order valence-electron chi connectivity index (χ0n) is 12.0. The lowest BCUT2D eigenvalue weighted by molar-refractivity contribution is 0.188. The van der Waals surface area contributed by atoms with Gasteiger partial charge in [0.05, 0.1) is 0 Å². The van der Waals surface area contributed by atoms with Crippen molar-refractivity contribution in [2.75, 3.05) is 25.9 Å². The van der Waals surface area contributed by atoms with E-state index in [0.29, 0.717) is 4.96 Å². The summed E-state index contributed by atoms with van der Waals surface area (Å²) in [6.45, 7) is 3.82. The highest BCUT2D eigenvalue weighted by Crippen LogP contribution is 2.25. The molecule has 116 valence electrons. The number of sulfonamides is 1. The van der Waals surface area contributed by atoms with Gasteiger partial charge in [-0.1, -0.05) is 6.92 Å². The van der Waals surface area contributed by atoms with Crippen LogP contribution in [0.1, 0.15) is 13.3 Å². The third kappa shape index (κ3) is 2.66. The van der Waals surface area contributed by atoms with Crippen LogP contribution in [0.4, 0.5) is 5.82 Å². The van der Waals surface area contributed by atoms with Crippen molar-refractivity contribution >= 4 is 32.1 Å². The molecule has 0 spiro atoms. The monoisotopic (exact) mass is 329 g/mol. The SMILES string of the molecule is CC1CN(C)CCC1NS(=O)(=O)c1c(N)nc2sccn12. The summed E-state index contributed by atoms with van der Waals surface area (Å²) in [4.78, 5) is 6.89. The number of likely N-dealkylation sites (tertiary alicyclic amines) is 1. The molecule has 1 aliphatic rings. The molecule has 2 aromatic heterocycles. The van der Waals surface area contributed by atoms with Crippen LogP contribution in [0.3, 0.4) is 0 Å². The molecule has 2 atom stereocenters. The van der Waals surface area contributed by atoms with Gasteiger partial charge in [0, 0.05) is 24.2 Å². The van der Waals surface area contributed by atoms with E-state index in [2.05, 4.69) is 21.5 Å². The van der Waals surface area contributed by atoms with Gasteiger partial charge in [-0.25, -0.2) is 18.1 Å². The molecule has 1 aliphatic heterocycles. The Morgan fingerprint density at radius 1 is 1.52 bits per heavy atom. The van der Waals surface area contributed by atoms with Crippen molar-refractivity contribution in [3.63, 3.8) is 0 Å². The molecule has 0 aromatic carbocycles. The van der Waals surface area contributed by atoms with Crippen LogP contribution in [0.15, 0.2) is 16.6 Å². The molecule has 2 unspecified atom stereocenters. The quantitative estimate of drug-likeness (QED) is 0.860. The van der Waals surface area contributed by atoms with E-state index in [-0.39, 0.29) is 22.8 Å². The number of piperidine rings is 1. The molecule has 0 aliphatic carbocycles. The van der Waals surface area contributed by atoms with Crippen LogP contribution in [-0.2, 0) is 10.0 Å². The number of rotatable bonds is 3. The van der Waals surface area contributed by atoms with E-state index < -0.39 is 10.0 Å². The number of nitrogens with two attached hydrogens (primary N) is 1. The fraction of sp³-hybridized carbons (Fsp3) is 0.583. The molecule has 0 saturated carbocycles. The normalized spacial score (nSPS) is 24.7. The number of anilines is 1. The molecule has 0 amide bonds. The minimum Gasteiger partial charge on any atom is -0.381 e. The molecule has 9 heteroatoms. The molecule has 3 rings (SSSR count). The van der Waals surface area contributed by atoms with E-state index >= 15 is 0 Å². The van der Waals surface area contributed by atoms with Crippen LogP contribution in [0, 0.1) is 5.92 Å². The van der Waals surface area contributed by atoms with Gasteiger partial charge in [-0.2, -0.15) is 0 Å². The summed E-state index contributed by atoms with van der Waals surface area (Å²) in [5.74, 6) is 0.306. The second-order valence-electron chi connectivity index (χ2n) is 5.61. The zero-order valence-corrected chi connectivity index (χ0v) is 13.6. The second-order valence-corrected chi connectivity index (χ2v) is 8.12. The van der Waals surface area contributed by atoms with E-state index in [1.165, 1.54) is 15.7 Å². The van der Waals surface area contributed by atoms with E-state index in [1.54, 1.807) is 11.6 Å². The number of aromatic nitrogens is 2. The first-order valence-electron chi connectivity index (χ1n) is 6.80. The minimum atomic E-state index is -3.68. The summed E-state index contributed by atoms with van der Waals surface area (Å²) in [5, 5.41) is 1.84. The molecule has 21 heavy (non-hydrogen) atoms. The molecule has 0 radical (unpaired) electrons. The Morgan fingerprint density at radius 3 is 3.00 bits per heavy atom. The molecule has 2 aromatic rings. The van der Waals surface area contributed by atoms with E-state index in [9.17, 15) is 8.42 Å². The Morgan fingerprint density at radius 2 is 2.29 bits per heavy atom. The topological polar surface area (TPSA) is 92.7 Å². The number of imidazole rings is 1. The van der Waals surface area contributed by atoms with Crippen LogP contribution in [-0.4, -0.2) is 48.9 Å². The summed E-state index contributed by atoms with van der Waals surface area (Å²) in [6, 6.07) is -0.0743. The largest absolute Gasteiger partial charge is 0.381 e. The molecule has 3 N–H and O–H groups in total. The van der Waals surface area contributed by atoms with Crippen LogP contribution in [0.5, 0.6) is 0 Å². The molecule has 7 nitrogen and oxygen atoms in total. The lowest BCUT2D eigenvalue weighted by Crippen LogP contribution is -2.49. The average Bonchev–Trinajstić information content (AvgIpc) is 2.91. The highest BCUT2D eigenvalue weighted by Gasteiger charge is 2.31. The summed E-state index contributed by atoms with van der Waals surface area (Å²) < 4.78 is 29.7. The summed E-state index contributed by atoms with van der Waals surface area (Å²) in [7, 11) is -1.63. The first kappa shape index (κ1) is 14.8.